The van der Waals surface area contributed by atoms with Crippen molar-refractivity contribution in [2.75, 3.05) is 13.2 Å². The van der Waals surface area contributed by atoms with Gasteiger partial charge in [0.25, 0.3) is 0 Å². The summed E-state index contributed by atoms with van der Waals surface area (Å²) in [5, 5.41) is 17.7. The van der Waals surface area contributed by atoms with Gasteiger partial charge in [0.2, 0.25) is 5.91 Å². The van der Waals surface area contributed by atoms with Gasteiger partial charge in [0.1, 0.15) is 0 Å². The van der Waals surface area contributed by atoms with Crippen LogP contribution in [-0.4, -0.2) is 53.7 Å². The summed E-state index contributed by atoms with van der Waals surface area (Å²) in [5.41, 5.74) is -0.768. The van der Waals surface area contributed by atoms with Crippen LogP contribution in [0.3, 0.4) is 0 Å². The molecule has 0 rings (SSSR count). The molecule has 0 aliphatic heterocycles. The molecule has 1 amide bonds. The van der Waals surface area contributed by atoms with Gasteiger partial charge in [-0.1, -0.05) is 12.7 Å². The Balaban J connectivity index is 0. The van der Waals surface area contributed by atoms with Crippen molar-refractivity contribution >= 4 is 18.1 Å². The van der Waals surface area contributed by atoms with E-state index in [2.05, 4.69) is 11.9 Å². The first-order valence-corrected chi connectivity index (χ1v) is 7.74. The van der Waals surface area contributed by atoms with Gasteiger partial charge in [-0.15, -0.1) is 0 Å². The number of carbonyl (C=O) groups is 2. The van der Waals surface area contributed by atoms with Gasteiger partial charge in [-0.3, -0.25) is 4.79 Å². The lowest BCUT2D eigenvalue weighted by Gasteiger charge is -2.23. The van der Waals surface area contributed by atoms with Gasteiger partial charge in [-0.2, -0.15) is 0 Å². The van der Waals surface area contributed by atoms with Gasteiger partial charge < -0.3 is 25.3 Å². The van der Waals surface area contributed by atoms with Crippen LogP contribution in [0.2, 0.25) is 0 Å². The number of carboxylic acids is 1. The summed E-state index contributed by atoms with van der Waals surface area (Å²) in [6.07, 6.45) is 2.68. The van der Waals surface area contributed by atoms with Crippen LogP contribution in [0.5, 0.6) is 0 Å². The minimum atomic E-state index is -1.11. The molecular weight excluding hydrogens is 312 g/mol. The zero-order chi connectivity index (χ0) is 19.4. The van der Waals surface area contributed by atoms with E-state index in [0.29, 0.717) is 0 Å². The molecular formula is C17H32N2O5. The number of rotatable bonds is 8. The average Bonchev–Trinajstić information content (AvgIpc) is 2.41. The maximum atomic E-state index is 11.7. The summed E-state index contributed by atoms with van der Waals surface area (Å²) in [7, 11) is 0. The molecule has 0 saturated heterocycles. The molecule has 7 heteroatoms. The molecule has 0 fully saturated rings. The number of amides is 1. The van der Waals surface area contributed by atoms with Gasteiger partial charge in [0, 0.05) is 6.21 Å². The molecule has 0 radical (unpaired) electrons. The number of carboxylic acid groups (broad SMARTS) is 1. The van der Waals surface area contributed by atoms with E-state index in [9.17, 15) is 9.59 Å². The molecule has 24 heavy (non-hydrogen) atoms. The Morgan fingerprint density at radius 1 is 1.17 bits per heavy atom. The first-order chi connectivity index (χ1) is 10.8. The summed E-state index contributed by atoms with van der Waals surface area (Å²) >= 11 is 0. The third-order valence-electron chi connectivity index (χ3n) is 2.30. The van der Waals surface area contributed by atoms with Gasteiger partial charge in [-0.05, 0) is 41.5 Å². The number of allylic oxidation sites excluding steroid dienone is 1. The van der Waals surface area contributed by atoms with Crippen molar-refractivity contribution in [1.82, 2.24) is 5.32 Å². The molecule has 1 unspecified atom stereocenters. The fraction of sp³-hybridized carbons (Fsp3) is 0.706. The van der Waals surface area contributed by atoms with Gasteiger partial charge in [0.05, 0.1) is 30.8 Å². The number of hydrogen-bond donors (Lipinski definition) is 3. The van der Waals surface area contributed by atoms with Crippen LogP contribution in [0.1, 0.15) is 48.0 Å². The Hall–Kier alpha value is -1.73. The van der Waals surface area contributed by atoms with E-state index in [1.807, 2.05) is 41.5 Å². The van der Waals surface area contributed by atoms with E-state index in [1.54, 1.807) is 0 Å². The number of nitrogens with one attached hydrogen (secondary N) is 2. The molecule has 0 spiro atoms. The minimum absolute atomic E-state index is 0.0648. The SMILES string of the molecule is C=CC=N.CC(C)(C)OCCC(=O)NC(COC(C)(C)C)C(=O)O. The van der Waals surface area contributed by atoms with E-state index in [-0.39, 0.29) is 31.1 Å². The monoisotopic (exact) mass is 344 g/mol. The summed E-state index contributed by atoms with van der Waals surface area (Å²) < 4.78 is 10.8. The van der Waals surface area contributed by atoms with Gasteiger partial charge in [0.15, 0.2) is 6.04 Å². The highest BCUT2D eigenvalue weighted by Gasteiger charge is 2.23. The zero-order valence-corrected chi connectivity index (χ0v) is 15.6. The minimum Gasteiger partial charge on any atom is -0.480 e. The van der Waals surface area contributed by atoms with Crippen molar-refractivity contribution in [3.05, 3.63) is 12.7 Å². The highest BCUT2D eigenvalue weighted by molar-refractivity contribution is 5.83. The second-order valence-electron chi connectivity index (χ2n) is 6.99. The van der Waals surface area contributed by atoms with E-state index < -0.39 is 17.6 Å². The lowest BCUT2D eigenvalue weighted by molar-refractivity contribution is -0.145. The predicted molar refractivity (Wildman–Crippen MR) is 94.6 cm³/mol. The Morgan fingerprint density at radius 2 is 1.62 bits per heavy atom. The zero-order valence-electron chi connectivity index (χ0n) is 15.6. The standard InChI is InChI=1S/C14H27NO5.C3H5N/c1-13(2,3)19-8-7-11(16)15-10(12(17)18)9-20-14(4,5)6;1-2-3-4/h10H,7-9H2,1-6H3,(H,15,16)(H,17,18);2-4H,1H2. The molecule has 140 valence electrons. The van der Waals surface area contributed by atoms with Crippen LogP contribution < -0.4 is 5.32 Å². The first-order valence-electron chi connectivity index (χ1n) is 7.74. The van der Waals surface area contributed by atoms with Gasteiger partial charge >= 0.3 is 5.97 Å². The van der Waals surface area contributed by atoms with Crippen LogP contribution in [0, 0.1) is 5.41 Å². The molecule has 0 aromatic carbocycles. The lowest BCUT2D eigenvalue weighted by Crippen LogP contribution is -2.45. The fourth-order valence-electron chi connectivity index (χ4n) is 1.22. The normalized spacial score (nSPS) is 12.4. The van der Waals surface area contributed by atoms with Crippen LogP contribution >= 0.6 is 0 Å². The van der Waals surface area contributed by atoms with E-state index >= 15 is 0 Å². The number of hydrogen-bond acceptors (Lipinski definition) is 5. The first kappa shape index (κ1) is 24.5. The van der Waals surface area contributed by atoms with Crippen LogP contribution in [0.25, 0.3) is 0 Å². The smallest absolute Gasteiger partial charge is 0.328 e. The molecule has 0 aliphatic rings. The van der Waals surface area contributed by atoms with E-state index in [1.165, 1.54) is 6.08 Å². The molecule has 7 nitrogen and oxygen atoms in total. The highest BCUT2D eigenvalue weighted by Crippen LogP contribution is 2.08. The topological polar surface area (TPSA) is 109 Å². The van der Waals surface area contributed by atoms with Crippen molar-refractivity contribution < 1.29 is 24.2 Å². The summed E-state index contributed by atoms with van der Waals surface area (Å²) in [6.45, 7) is 14.6. The lowest BCUT2D eigenvalue weighted by atomic mass is 10.2. The Labute approximate surface area is 144 Å². The van der Waals surface area contributed by atoms with E-state index in [0.717, 1.165) is 6.21 Å². The second kappa shape index (κ2) is 11.8. The quantitative estimate of drug-likeness (QED) is 0.586. The molecule has 0 saturated carbocycles. The highest BCUT2D eigenvalue weighted by atomic mass is 16.5. The molecule has 1 atom stereocenters. The summed E-state index contributed by atoms with van der Waals surface area (Å²) in [4.78, 5) is 22.7. The van der Waals surface area contributed by atoms with Crippen molar-refractivity contribution in [1.29, 1.82) is 5.41 Å². The third kappa shape index (κ3) is 18.3. The summed E-state index contributed by atoms with van der Waals surface area (Å²) in [6, 6.07) is -1.05. The van der Waals surface area contributed by atoms with Crippen LogP contribution in [0.15, 0.2) is 12.7 Å². The van der Waals surface area contributed by atoms with Crippen LogP contribution in [0.4, 0.5) is 0 Å². The number of aliphatic carboxylic acids is 1. The maximum absolute atomic E-state index is 11.7. The van der Waals surface area contributed by atoms with Gasteiger partial charge in [-0.25, -0.2) is 4.79 Å². The third-order valence-corrected chi connectivity index (χ3v) is 2.30. The van der Waals surface area contributed by atoms with Crippen molar-refractivity contribution in [3.8, 4) is 0 Å². The Bertz CT molecular complexity index is 402. The average molecular weight is 344 g/mol. The largest absolute Gasteiger partial charge is 0.480 e. The molecule has 0 bridgehead atoms. The van der Waals surface area contributed by atoms with Crippen molar-refractivity contribution in [3.63, 3.8) is 0 Å². The van der Waals surface area contributed by atoms with Crippen molar-refractivity contribution in [2.45, 2.75) is 65.2 Å². The van der Waals surface area contributed by atoms with E-state index in [4.69, 9.17) is 20.0 Å². The summed E-state index contributed by atoms with van der Waals surface area (Å²) in [5.74, 6) is -1.47. The molecule has 0 heterocycles. The maximum Gasteiger partial charge on any atom is 0.328 e. The fourth-order valence-corrected chi connectivity index (χ4v) is 1.22. The molecule has 3 N–H and O–H groups in total. The Morgan fingerprint density at radius 3 is 1.96 bits per heavy atom. The molecule has 0 aromatic rings. The Kier molecular flexibility index (Phi) is 12.0. The van der Waals surface area contributed by atoms with Crippen LogP contribution in [-0.2, 0) is 19.1 Å². The number of carbonyl (C=O) groups excluding carboxylic acids is 1. The predicted octanol–water partition coefficient (Wildman–Crippen LogP) is 2.40. The van der Waals surface area contributed by atoms with Crippen molar-refractivity contribution in [2.24, 2.45) is 0 Å². The molecule has 0 aromatic heterocycles. The second-order valence-corrected chi connectivity index (χ2v) is 6.99. The molecule has 0 aliphatic carbocycles. The number of ether oxygens (including phenoxy) is 2.